The second-order valence-corrected chi connectivity index (χ2v) is 7.69. The number of hydrogen-bond donors (Lipinski definition) is 2. The molecule has 5 heterocycles. The van der Waals surface area contributed by atoms with Crippen molar-refractivity contribution in [2.24, 2.45) is 0 Å². The SMILES string of the molecule is COc1cccc(CNC(=O)N2CCN(c3ncnc4[nH]c(-c5cccnc5)cc34)CC2)n1. The number of methoxy groups -OCH3 is 1. The fourth-order valence-corrected chi connectivity index (χ4v) is 3.93. The average Bonchev–Trinajstić information content (AvgIpc) is 3.33. The molecule has 4 aromatic heterocycles. The monoisotopic (exact) mass is 444 g/mol. The van der Waals surface area contributed by atoms with Crippen LogP contribution in [0.5, 0.6) is 5.88 Å². The number of hydrogen-bond acceptors (Lipinski definition) is 7. The summed E-state index contributed by atoms with van der Waals surface area (Å²) in [6, 6.07) is 11.4. The molecule has 10 nitrogen and oxygen atoms in total. The first-order chi connectivity index (χ1) is 16.2. The molecule has 0 unspecified atom stereocenters. The van der Waals surface area contributed by atoms with Crippen molar-refractivity contribution in [1.29, 1.82) is 0 Å². The third-order valence-corrected chi connectivity index (χ3v) is 5.65. The Morgan fingerprint density at radius 3 is 2.82 bits per heavy atom. The van der Waals surface area contributed by atoms with E-state index in [9.17, 15) is 4.79 Å². The van der Waals surface area contributed by atoms with Gasteiger partial charge in [-0.3, -0.25) is 4.98 Å². The Labute approximate surface area is 190 Å². The van der Waals surface area contributed by atoms with E-state index in [0.717, 1.165) is 33.8 Å². The molecule has 2 N–H and O–H groups in total. The number of carbonyl (C=O) groups excluding carboxylic acids is 1. The molecule has 33 heavy (non-hydrogen) atoms. The van der Waals surface area contributed by atoms with Gasteiger partial charge in [0.2, 0.25) is 5.88 Å². The minimum atomic E-state index is -0.104. The number of aromatic nitrogens is 5. The molecule has 4 aromatic rings. The number of H-pyrrole nitrogens is 1. The van der Waals surface area contributed by atoms with E-state index in [4.69, 9.17) is 4.74 Å². The number of rotatable bonds is 5. The molecule has 2 amide bonds. The lowest BCUT2D eigenvalue weighted by atomic mass is 10.2. The van der Waals surface area contributed by atoms with Crippen LogP contribution in [0.25, 0.3) is 22.3 Å². The van der Waals surface area contributed by atoms with Gasteiger partial charge in [0.15, 0.2) is 0 Å². The molecule has 5 rings (SSSR count). The first-order valence-corrected chi connectivity index (χ1v) is 10.7. The summed E-state index contributed by atoms with van der Waals surface area (Å²) in [5, 5.41) is 3.90. The van der Waals surface area contributed by atoms with Crippen LogP contribution in [-0.4, -0.2) is 69.1 Å². The van der Waals surface area contributed by atoms with Crippen LogP contribution in [0.3, 0.4) is 0 Å². The van der Waals surface area contributed by atoms with Gasteiger partial charge in [-0.2, -0.15) is 0 Å². The summed E-state index contributed by atoms with van der Waals surface area (Å²) >= 11 is 0. The van der Waals surface area contributed by atoms with Gasteiger partial charge >= 0.3 is 6.03 Å². The summed E-state index contributed by atoms with van der Waals surface area (Å²) in [5.74, 6) is 1.40. The molecule has 1 saturated heterocycles. The van der Waals surface area contributed by atoms with Gasteiger partial charge in [0.05, 0.1) is 24.7 Å². The Hall–Kier alpha value is -4.21. The third kappa shape index (κ3) is 4.40. The van der Waals surface area contributed by atoms with Crippen molar-refractivity contribution >= 4 is 22.9 Å². The van der Waals surface area contributed by atoms with E-state index in [2.05, 4.69) is 41.2 Å². The Bertz CT molecular complexity index is 1250. The van der Waals surface area contributed by atoms with Crippen molar-refractivity contribution in [3.05, 3.63) is 60.8 Å². The summed E-state index contributed by atoms with van der Waals surface area (Å²) in [4.78, 5) is 37.4. The summed E-state index contributed by atoms with van der Waals surface area (Å²) in [6.07, 6.45) is 5.14. The quantitative estimate of drug-likeness (QED) is 0.486. The number of pyridine rings is 2. The molecule has 1 aliphatic rings. The number of nitrogens with one attached hydrogen (secondary N) is 2. The molecule has 1 fully saturated rings. The molecule has 0 bridgehead atoms. The van der Waals surface area contributed by atoms with Crippen LogP contribution in [0.1, 0.15) is 5.69 Å². The van der Waals surface area contributed by atoms with E-state index in [1.165, 1.54) is 0 Å². The summed E-state index contributed by atoms with van der Waals surface area (Å²) in [7, 11) is 1.57. The highest BCUT2D eigenvalue weighted by Gasteiger charge is 2.24. The topological polar surface area (TPSA) is 112 Å². The number of nitrogens with zero attached hydrogens (tertiary/aromatic N) is 6. The van der Waals surface area contributed by atoms with E-state index in [0.29, 0.717) is 38.6 Å². The van der Waals surface area contributed by atoms with Gasteiger partial charge in [-0.15, -0.1) is 0 Å². The van der Waals surface area contributed by atoms with Crippen LogP contribution in [0.2, 0.25) is 0 Å². The highest BCUT2D eigenvalue weighted by molar-refractivity contribution is 5.92. The lowest BCUT2D eigenvalue weighted by Gasteiger charge is -2.35. The first-order valence-electron chi connectivity index (χ1n) is 10.7. The normalized spacial score (nSPS) is 13.8. The molecule has 0 aliphatic carbocycles. The van der Waals surface area contributed by atoms with Gasteiger partial charge in [0.25, 0.3) is 0 Å². The van der Waals surface area contributed by atoms with E-state index in [1.54, 1.807) is 25.7 Å². The number of aromatic amines is 1. The first kappa shape index (κ1) is 20.7. The second kappa shape index (κ2) is 9.11. The molecule has 0 saturated carbocycles. The van der Waals surface area contributed by atoms with E-state index < -0.39 is 0 Å². The Morgan fingerprint density at radius 1 is 1.15 bits per heavy atom. The lowest BCUT2D eigenvalue weighted by Crippen LogP contribution is -2.52. The minimum absolute atomic E-state index is 0.104. The van der Waals surface area contributed by atoms with Gasteiger partial charge in [0.1, 0.15) is 17.8 Å². The van der Waals surface area contributed by atoms with Gasteiger partial charge in [-0.25, -0.2) is 19.7 Å². The molecular weight excluding hydrogens is 420 g/mol. The molecule has 1 aliphatic heterocycles. The van der Waals surface area contributed by atoms with Crippen LogP contribution < -0.4 is 15.0 Å². The predicted molar refractivity (Wildman–Crippen MR) is 124 cm³/mol. The van der Waals surface area contributed by atoms with Crippen molar-refractivity contribution in [3.8, 4) is 17.1 Å². The van der Waals surface area contributed by atoms with Gasteiger partial charge in [0, 0.05) is 55.9 Å². The fourth-order valence-electron chi connectivity index (χ4n) is 3.93. The van der Waals surface area contributed by atoms with Crippen LogP contribution in [0, 0.1) is 0 Å². The van der Waals surface area contributed by atoms with Gasteiger partial charge in [-0.05, 0) is 24.3 Å². The van der Waals surface area contributed by atoms with Crippen molar-refractivity contribution in [2.75, 3.05) is 38.2 Å². The predicted octanol–water partition coefficient (Wildman–Crippen LogP) is 2.46. The maximum atomic E-state index is 12.6. The lowest BCUT2D eigenvalue weighted by molar-refractivity contribution is 0.193. The van der Waals surface area contributed by atoms with E-state index in [1.807, 2.05) is 35.4 Å². The van der Waals surface area contributed by atoms with Crippen LogP contribution in [0.15, 0.2) is 55.1 Å². The van der Waals surface area contributed by atoms with Gasteiger partial charge in [-0.1, -0.05) is 6.07 Å². The van der Waals surface area contributed by atoms with Crippen molar-refractivity contribution < 1.29 is 9.53 Å². The fraction of sp³-hybridized carbons (Fsp3) is 0.261. The number of piperazine rings is 1. The average molecular weight is 444 g/mol. The number of urea groups is 1. The summed E-state index contributed by atoms with van der Waals surface area (Å²) < 4.78 is 5.13. The van der Waals surface area contributed by atoms with Crippen LogP contribution in [0.4, 0.5) is 10.6 Å². The molecule has 0 radical (unpaired) electrons. The molecule has 0 atom stereocenters. The maximum absolute atomic E-state index is 12.6. The Kier molecular flexibility index (Phi) is 5.71. The van der Waals surface area contributed by atoms with Crippen LogP contribution >= 0.6 is 0 Å². The zero-order valence-corrected chi connectivity index (χ0v) is 18.2. The Morgan fingerprint density at radius 2 is 2.03 bits per heavy atom. The molecule has 10 heteroatoms. The number of fused-ring (bicyclic) bond motifs is 1. The molecule has 0 spiro atoms. The largest absolute Gasteiger partial charge is 0.481 e. The number of amides is 2. The summed E-state index contributed by atoms with van der Waals surface area (Å²) in [6.45, 7) is 2.92. The van der Waals surface area contributed by atoms with Crippen molar-refractivity contribution in [3.63, 3.8) is 0 Å². The maximum Gasteiger partial charge on any atom is 0.317 e. The number of anilines is 1. The Balaban J connectivity index is 1.23. The molecule has 168 valence electrons. The van der Waals surface area contributed by atoms with Crippen molar-refractivity contribution in [1.82, 2.24) is 35.1 Å². The highest BCUT2D eigenvalue weighted by atomic mass is 16.5. The number of ether oxygens (including phenoxy) is 1. The molecular formula is C23H24N8O2. The second-order valence-electron chi connectivity index (χ2n) is 7.69. The number of carbonyl (C=O) groups is 1. The minimum Gasteiger partial charge on any atom is -0.481 e. The van der Waals surface area contributed by atoms with Crippen LogP contribution in [-0.2, 0) is 6.54 Å². The zero-order chi connectivity index (χ0) is 22.6. The van der Waals surface area contributed by atoms with E-state index >= 15 is 0 Å². The van der Waals surface area contributed by atoms with E-state index in [-0.39, 0.29) is 6.03 Å². The summed E-state index contributed by atoms with van der Waals surface area (Å²) in [5.41, 5.74) is 3.48. The third-order valence-electron chi connectivity index (χ3n) is 5.65. The van der Waals surface area contributed by atoms with Crippen molar-refractivity contribution in [2.45, 2.75) is 6.54 Å². The highest BCUT2D eigenvalue weighted by Crippen LogP contribution is 2.28. The standard InChI is InChI=1S/C23H24N8O2/c1-33-20-6-2-5-17(28-20)14-25-23(32)31-10-8-30(9-11-31)22-18-12-19(16-4-3-7-24-13-16)29-21(18)26-15-27-22/h2-7,12-13,15H,8-11,14H2,1H3,(H,25,32)(H,26,27,29). The zero-order valence-electron chi connectivity index (χ0n) is 18.2. The smallest absolute Gasteiger partial charge is 0.317 e. The molecule has 0 aromatic carbocycles. The van der Waals surface area contributed by atoms with Gasteiger partial charge < -0.3 is 24.8 Å².